The molecule has 1 aromatic carbocycles. The molecule has 0 N–H and O–H groups in total. The third kappa shape index (κ3) is 5.46. The van der Waals surface area contributed by atoms with Crippen molar-refractivity contribution >= 4 is 5.91 Å². The zero-order valence-corrected chi connectivity index (χ0v) is 13.6. The lowest BCUT2D eigenvalue weighted by Crippen LogP contribution is -2.45. The van der Waals surface area contributed by atoms with Crippen LogP contribution in [-0.2, 0) is 11.3 Å². The topological polar surface area (TPSA) is 23.6 Å². The van der Waals surface area contributed by atoms with Gasteiger partial charge in [-0.15, -0.1) is 0 Å². The third-order valence-electron chi connectivity index (χ3n) is 3.80. The van der Waals surface area contributed by atoms with E-state index in [9.17, 15) is 9.18 Å². The Labute approximate surface area is 127 Å². The fourth-order valence-corrected chi connectivity index (χ4v) is 2.45. The molecular weight excluding hydrogens is 267 g/mol. The van der Waals surface area contributed by atoms with Gasteiger partial charge < -0.3 is 4.90 Å². The number of unbranched alkanes of at least 4 members (excludes halogenated alkanes) is 1. The first-order valence-electron chi connectivity index (χ1n) is 7.73. The van der Waals surface area contributed by atoms with E-state index in [1.54, 1.807) is 18.0 Å². The highest BCUT2D eigenvalue weighted by atomic mass is 19.1. The predicted octanol–water partition coefficient (Wildman–Crippen LogP) is 3.29. The molecule has 0 aromatic heterocycles. The second-order valence-electron chi connectivity index (χ2n) is 5.48. The maximum atomic E-state index is 13.2. The van der Waals surface area contributed by atoms with Gasteiger partial charge >= 0.3 is 0 Å². The number of nitrogens with zero attached hydrogens (tertiary/aromatic N) is 2. The van der Waals surface area contributed by atoms with Gasteiger partial charge in [0.1, 0.15) is 5.82 Å². The summed E-state index contributed by atoms with van der Waals surface area (Å²) in [4.78, 5) is 16.3. The Bertz CT molecular complexity index is 450. The van der Waals surface area contributed by atoms with E-state index in [4.69, 9.17) is 0 Å². The molecule has 0 saturated carbocycles. The zero-order valence-electron chi connectivity index (χ0n) is 13.6. The molecule has 3 nitrogen and oxygen atoms in total. The number of benzene rings is 1. The Morgan fingerprint density at radius 1 is 1.33 bits per heavy atom. The summed E-state index contributed by atoms with van der Waals surface area (Å²) in [6.45, 7) is 8.41. The van der Waals surface area contributed by atoms with E-state index in [1.165, 1.54) is 12.1 Å². The molecule has 0 aliphatic carbocycles. The first kappa shape index (κ1) is 17.6. The number of likely N-dealkylation sites (N-methyl/N-ethyl adjacent to an activating group) is 2. The van der Waals surface area contributed by atoms with E-state index >= 15 is 0 Å². The van der Waals surface area contributed by atoms with Crippen LogP contribution in [0.15, 0.2) is 24.3 Å². The van der Waals surface area contributed by atoms with Crippen LogP contribution in [0, 0.1) is 5.82 Å². The van der Waals surface area contributed by atoms with Crippen molar-refractivity contribution in [3.8, 4) is 0 Å². The van der Waals surface area contributed by atoms with Crippen LogP contribution in [0.1, 0.15) is 39.2 Å². The van der Waals surface area contributed by atoms with Crippen molar-refractivity contribution < 1.29 is 9.18 Å². The van der Waals surface area contributed by atoms with Crippen molar-refractivity contribution in [1.29, 1.82) is 0 Å². The molecule has 4 heteroatoms. The van der Waals surface area contributed by atoms with Crippen LogP contribution in [-0.4, -0.2) is 41.9 Å². The minimum absolute atomic E-state index is 0.0808. The van der Waals surface area contributed by atoms with E-state index in [2.05, 4.69) is 18.7 Å². The van der Waals surface area contributed by atoms with Gasteiger partial charge in [-0.25, -0.2) is 4.39 Å². The summed E-state index contributed by atoms with van der Waals surface area (Å²) in [5.74, 6) is -0.184. The Balaban J connectivity index is 2.63. The normalized spacial score (nSPS) is 12.5. The Hall–Kier alpha value is -1.42. The van der Waals surface area contributed by atoms with Crippen molar-refractivity contribution in [2.24, 2.45) is 0 Å². The lowest BCUT2D eigenvalue weighted by Gasteiger charge is -2.30. The number of carbonyl (C=O) groups excluding carboxylic acids is 1. The third-order valence-corrected chi connectivity index (χ3v) is 3.80. The van der Waals surface area contributed by atoms with Crippen molar-refractivity contribution in [3.05, 3.63) is 35.6 Å². The summed E-state index contributed by atoms with van der Waals surface area (Å²) in [7, 11) is 1.78. The average Bonchev–Trinajstić information content (AvgIpc) is 2.47. The van der Waals surface area contributed by atoms with E-state index in [0.717, 1.165) is 31.5 Å². The summed E-state index contributed by atoms with van der Waals surface area (Å²) in [6.07, 6.45) is 2.22. The number of amides is 1. The van der Waals surface area contributed by atoms with Crippen molar-refractivity contribution in [1.82, 2.24) is 9.80 Å². The van der Waals surface area contributed by atoms with Crippen molar-refractivity contribution in [3.63, 3.8) is 0 Å². The standard InChI is InChI=1S/C17H27FN2O/c1-5-7-11-20(6-2)14(3)17(21)19(4)13-15-9-8-10-16(18)12-15/h8-10,12,14H,5-7,11,13H2,1-4H3. The van der Waals surface area contributed by atoms with Gasteiger partial charge in [0.05, 0.1) is 6.04 Å². The number of halogens is 1. The number of carbonyl (C=O) groups is 1. The van der Waals surface area contributed by atoms with E-state index in [0.29, 0.717) is 6.54 Å². The molecular formula is C17H27FN2O. The van der Waals surface area contributed by atoms with Gasteiger partial charge in [0.15, 0.2) is 0 Å². The molecule has 0 fully saturated rings. The predicted molar refractivity (Wildman–Crippen MR) is 84.5 cm³/mol. The molecule has 0 heterocycles. The highest BCUT2D eigenvalue weighted by molar-refractivity contribution is 5.81. The molecule has 21 heavy (non-hydrogen) atoms. The lowest BCUT2D eigenvalue weighted by molar-refractivity contribution is -0.135. The van der Waals surface area contributed by atoms with Crippen LogP contribution in [0.3, 0.4) is 0 Å². The molecule has 1 unspecified atom stereocenters. The van der Waals surface area contributed by atoms with E-state index in [1.807, 2.05) is 13.0 Å². The van der Waals surface area contributed by atoms with Gasteiger partial charge in [0.25, 0.3) is 0 Å². The minimum atomic E-state index is -0.264. The van der Waals surface area contributed by atoms with Crippen LogP contribution in [0.25, 0.3) is 0 Å². The molecule has 0 aliphatic heterocycles. The van der Waals surface area contributed by atoms with Crippen LogP contribution >= 0.6 is 0 Å². The molecule has 0 spiro atoms. The number of rotatable bonds is 8. The summed E-state index contributed by atoms with van der Waals surface area (Å²) in [5, 5.41) is 0. The second-order valence-corrected chi connectivity index (χ2v) is 5.48. The Morgan fingerprint density at radius 2 is 2.05 bits per heavy atom. The van der Waals surface area contributed by atoms with Crippen molar-refractivity contribution in [2.75, 3.05) is 20.1 Å². The fourth-order valence-electron chi connectivity index (χ4n) is 2.45. The smallest absolute Gasteiger partial charge is 0.239 e. The summed E-state index contributed by atoms with van der Waals surface area (Å²) in [6, 6.07) is 6.26. The SMILES string of the molecule is CCCCN(CC)C(C)C(=O)N(C)Cc1cccc(F)c1. The summed E-state index contributed by atoms with van der Waals surface area (Å²) in [5.41, 5.74) is 0.814. The Morgan fingerprint density at radius 3 is 2.62 bits per heavy atom. The molecule has 1 rings (SSSR count). The molecule has 118 valence electrons. The monoisotopic (exact) mass is 294 g/mol. The molecule has 0 radical (unpaired) electrons. The maximum absolute atomic E-state index is 13.2. The number of hydrogen-bond donors (Lipinski definition) is 0. The first-order chi connectivity index (χ1) is 9.99. The van der Waals surface area contributed by atoms with Crippen LogP contribution < -0.4 is 0 Å². The molecule has 1 amide bonds. The van der Waals surface area contributed by atoms with E-state index < -0.39 is 0 Å². The zero-order chi connectivity index (χ0) is 15.8. The van der Waals surface area contributed by atoms with E-state index in [-0.39, 0.29) is 17.8 Å². The quantitative estimate of drug-likeness (QED) is 0.734. The molecule has 1 aromatic rings. The first-order valence-corrected chi connectivity index (χ1v) is 7.73. The maximum Gasteiger partial charge on any atom is 0.239 e. The highest BCUT2D eigenvalue weighted by Crippen LogP contribution is 2.10. The molecule has 0 aliphatic rings. The van der Waals surface area contributed by atoms with Crippen LogP contribution in [0.2, 0.25) is 0 Å². The van der Waals surface area contributed by atoms with Gasteiger partial charge in [0.2, 0.25) is 5.91 Å². The van der Waals surface area contributed by atoms with Gasteiger partial charge in [0, 0.05) is 13.6 Å². The van der Waals surface area contributed by atoms with Crippen LogP contribution in [0.5, 0.6) is 0 Å². The van der Waals surface area contributed by atoms with Crippen molar-refractivity contribution in [2.45, 2.75) is 46.2 Å². The molecule has 0 bridgehead atoms. The van der Waals surface area contributed by atoms with Gasteiger partial charge in [-0.3, -0.25) is 9.69 Å². The van der Waals surface area contributed by atoms with Gasteiger partial charge in [-0.2, -0.15) is 0 Å². The average molecular weight is 294 g/mol. The van der Waals surface area contributed by atoms with Gasteiger partial charge in [-0.1, -0.05) is 32.4 Å². The molecule has 0 saturated heterocycles. The van der Waals surface area contributed by atoms with Gasteiger partial charge in [-0.05, 0) is 44.1 Å². The fraction of sp³-hybridized carbons (Fsp3) is 0.588. The largest absolute Gasteiger partial charge is 0.340 e. The Kier molecular flexibility index (Phi) is 7.37. The second kappa shape index (κ2) is 8.78. The number of hydrogen-bond acceptors (Lipinski definition) is 2. The summed E-state index contributed by atoms with van der Waals surface area (Å²) >= 11 is 0. The lowest BCUT2D eigenvalue weighted by atomic mass is 10.1. The minimum Gasteiger partial charge on any atom is -0.340 e. The summed E-state index contributed by atoms with van der Waals surface area (Å²) < 4.78 is 13.2. The van der Waals surface area contributed by atoms with Crippen LogP contribution in [0.4, 0.5) is 4.39 Å². The highest BCUT2D eigenvalue weighted by Gasteiger charge is 2.22. The molecule has 1 atom stereocenters.